The minimum atomic E-state index is -0.445. The van der Waals surface area contributed by atoms with E-state index in [4.69, 9.17) is 10.5 Å². The Bertz CT molecular complexity index is 1300. The van der Waals surface area contributed by atoms with E-state index in [1.165, 1.54) is 6.07 Å². The largest absolute Gasteiger partial charge is 0.487 e. The molecule has 0 aliphatic heterocycles. The summed E-state index contributed by atoms with van der Waals surface area (Å²) < 4.78 is 6.30. The van der Waals surface area contributed by atoms with E-state index in [1.54, 1.807) is 19.1 Å². The molecule has 3 N–H and O–H groups in total. The Morgan fingerprint density at radius 1 is 1.10 bits per heavy atom. The van der Waals surface area contributed by atoms with Crippen molar-refractivity contribution >= 4 is 50.0 Å². The second kappa shape index (κ2) is 8.57. The van der Waals surface area contributed by atoms with Crippen molar-refractivity contribution in [2.45, 2.75) is 6.92 Å². The Morgan fingerprint density at radius 2 is 1.87 bits per heavy atom. The van der Waals surface area contributed by atoms with Crippen molar-refractivity contribution in [2.24, 2.45) is 0 Å². The number of rotatable bonds is 6. The lowest BCUT2D eigenvalue weighted by atomic mass is 10.0. The van der Waals surface area contributed by atoms with Crippen molar-refractivity contribution in [2.75, 3.05) is 17.7 Å². The molecule has 0 saturated carbocycles. The second-order valence-electron chi connectivity index (χ2n) is 6.67. The molecular weight excluding hydrogens is 462 g/mol. The average Bonchev–Trinajstić information content (AvgIpc) is 2.74. The van der Waals surface area contributed by atoms with E-state index in [0.717, 1.165) is 21.1 Å². The first-order valence-corrected chi connectivity index (χ1v) is 10.3. The van der Waals surface area contributed by atoms with Crippen molar-refractivity contribution in [3.8, 4) is 16.9 Å². The minimum absolute atomic E-state index is 0.0829. The van der Waals surface area contributed by atoms with Crippen LogP contribution in [0.15, 0.2) is 65.1 Å². The molecule has 31 heavy (non-hydrogen) atoms. The number of nitrogens with two attached hydrogens (primary N) is 1. The summed E-state index contributed by atoms with van der Waals surface area (Å²) in [5, 5.41) is 15.5. The average molecular weight is 480 g/mol. The van der Waals surface area contributed by atoms with Crippen LogP contribution in [0.2, 0.25) is 0 Å². The predicted molar refractivity (Wildman–Crippen MR) is 125 cm³/mol. The van der Waals surface area contributed by atoms with Gasteiger partial charge in [-0.1, -0.05) is 34.1 Å². The zero-order valence-electron chi connectivity index (χ0n) is 16.5. The molecule has 0 amide bonds. The van der Waals surface area contributed by atoms with Gasteiger partial charge in [0.1, 0.15) is 5.82 Å². The molecule has 9 heteroatoms. The summed E-state index contributed by atoms with van der Waals surface area (Å²) >= 11 is 3.45. The van der Waals surface area contributed by atoms with Crippen LogP contribution in [0.1, 0.15) is 6.92 Å². The van der Waals surface area contributed by atoms with Gasteiger partial charge in [-0.05, 0) is 54.4 Å². The number of nitrogen functional groups attached to an aromatic ring is 1. The summed E-state index contributed by atoms with van der Waals surface area (Å²) in [6.45, 7) is 2.13. The highest BCUT2D eigenvalue weighted by Gasteiger charge is 2.17. The van der Waals surface area contributed by atoms with E-state index in [0.29, 0.717) is 23.5 Å². The Balaban J connectivity index is 1.81. The molecular formula is C22H18BrN5O3. The molecule has 0 aliphatic rings. The van der Waals surface area contributed by atoms with Crippen molar-refractivity contribution in [1.82, 2.24) is 9.97 Å². The third-order valence-electron chi connectivity index (χ3n) is 4.59. The number of nitrogens with one attached hydrogen (secondary N) is 1. The van der Waals surface area contributed by atoms with E-state index in [-0.39, 0.29) is 17.4 Å². The zero-order valence-corrected chi connectivity index (χ0v) is 18.1. The summed E-state index contributed by atoms with van der Waals surface area (Å²) in [6, 6.07) is 18.1. The number of ether oxygens (including phenoxy) is 1. The van der Waals surface area contributed by atoms with Crippen LogP contribution >= 0.6 is 15.9 Å². The number of anilines is 3. The minimum Gasteiger partial charge on any atom is -0.487 e. The number of nitro groups is 1. The molecule has 0 atom stereocenters. The van der Waals surface area contributed by atoms with Gasteiger partial charge in [-0.3, -0.25) is 10.1 Å². The molecule has 0 saturated heterocycles. The first-order valence-electron chi connectivity index (χ1n) is 9.46. The third kappa shape index (κ3) is 4.41. The van der Waals surface area contributed by atoms with Gasteiger partial charge >= 0.3 is 5.69 Å². The molecule has 1 heterocycles. The molecule has 0 unspecified atom stereocenters. The zero-order chi connectivity index (χ0) is 22.0. The van der Waals surface area contributed by atoms with Gasteiger partial charge in [0.2, 0.25) is 5.95 Å². The number of hydrogen-bond acceptors (Lipinski definition) is 7. The van der Waals surface area contributed by atoms with Crippen molar-refractivity contribution in [3.05, 3.63) is 75.3 Å². The Labute approximate surface area is 186 Å². The molecule has 3 aromatic carbocycles. The fourth-order valence-corrected chi connectivity index (χ4v) is 3.64. The van der Waals surface area contributed by atoms with Gasteiger partial charge in [0.25, 0.3) is 0 Å². The van der Waals surface area contributed by atoms with Crippen LogP contribution in [0.25, 0.3) is 22.0 Å². The van der Waals surface area contributed by atoms with Crippen molar-refractivity contribution < 1.29 is 9.66 Å². The lowest BCUT2D eigenvalue weighted by Crippen LogP contribution is -2.01. The smallest absolute Gasteiger partial charge is 0.311 e. The van der Waals surface area contributed by atoms with E-state index >= 15 is 0 Å². The highest BCUT2D eigenvalue weighted by molar-refractivity contribution is 9.10. The summed E-state index contributed by atoms with van der Waals surface area (Å²) in [5.74, 6) is 0.933. The van der Waals surface area contributed by atoms with Crippen LogP contribution in [-0.2, 0) is 0 Å². The standard InChI is InChI=1S/C22H18BrN5O3/c1-2-31-20-9-7-14(11-19(20)28(29)30)13-6-8-18-17(10-13)21(27-22(24)26-18)25-16-5-3-4-15(23)12-16/h3-12H,2H2,1H3,(H3,24,25,26,27). The number of benzene rings is 3. The SMILES string of the molecule is CCOc1ccc(-c2ccc3nc(N)nc(Nc4cccc(Br)c4)c3c2)cc1[N+](=O)[O-]. The normalized spacial score (nSPS) is 10.8. The molecule has 0 fully saturated rings. The molecule has 8 nitrogen and oxygen atoms in total. The summed E-state index contributed by atoms with van der Waals surface area (Å²) in [4.78, 5) is 19.7. The van der Waals surface area contributed by atoms with Crippen LogP contribution < -0.4 is 15.8 Å². The Hall–Kier alpha value is -3.72. The predicted octanol–water partition coefficient (Wildman–Crippen LogP) is 5.69. The number of nitro benzene ring substituents is 1. The van der Waals surface area contributed by atoms with Gasteiger partial charge in [-0.15, -0.1) is 0 Å². The molecule has 1 aromatic heterocycles. The van der Waals surface area contributed by atoms with Crippen LogP contribution in [0.3, 0.4) is 0 Å². The van der Waals surface area contributed by atoms with Crippen molar-refractivity contribution in [3.63, 3.8) is 0 Å². The van der Waals surface area contributed by atoms with Gasteiger partial charge in [0.05, 0.1) is 17.0 Å². The lowest BCUT2D eigenvalue weighted by Gasteiger charge is -2.12. The fraction of sp³-hybridized carbons (Fsp3) is 0.0909. The van der Waals surface area contributed by atoms with E-state index in [9.17, 15) is 10.1 Å². The van der Waals surface area contributed by atoms with E-state index in [1.807, 2.05) is 42.5 Å². The van der Waals surface area contributed by atoms with Crippen LogP contribution in [0.5, 0.6) is 5.75 Å². The van der Waals surface area contributed by atoms with Gasteiger partial charge < -0.3 is 15.8 Å². The highest BCUT2D eigenvalue weighted by Crippen LogP contribution is 2.35. The van der Waals surface area contributed by atoms with Crippen LogP contribution in [0.4, 0.5) is 23.1 Å². The summed E-state index contributed by atoms with van der Waals surface area (Å²) in [6.07, 6.45) is 0. The number of aromatic nitrogens is 2. The molecule has 0 spiro atoms. The number of fused-ring (bicyclic) bond motifs is 1. The molecule has 4 aromatic rings. The maximum Gasteiger partial charge on any atom is 0.311 e. The first-order chi connectivity index (χ1) is 14.9. The van der Waals surface area contributed by atoms with Crippen LogP contribution in [-0.4, -0.2) is 21.5 Å². The summed E-state index contributed by atoms with van der Waals surface area (Å²) in [5.41, 5.74) is 8.77. The van der Waals surface area contributed by atoms with Gasteiger partial charge in [0, 0.05) is 21.6 Å². The third-order valence-corrected chi connectivity index (χ3v) is 5.08. The van der Waals surface area contributed by atoms with E-state index < -0.39 is 4.92 Å². The van der Waals surface area contributed by atoms with Gasteiger partial charge in [-0.2, -0.15) is 4.98 Å². The lowest BCUT2D eigenvalue weighted by molar-refractivity contribution is -0.385. The quantitative estimate of drug-likeness (QED) is 0.269. The highest BCUT2D eigenvalue weighted by atomic mass is 79.9. The number of nitrogens with zero attached hydrogens (tertiary/aromatic N) is 3. The maximum atomic E-state index is 11.5. The fourth-order valence-electron chi connectivity index (χ4n) is 3.24. The van der Waals surface area contributed by atoms with Crippen LogP contribution in [0, 0.1) is 10.1 Å². The van der Waals surface area contributed by atoms with Crippen molar-refractivity contribution in [1.29, 1.82) is 0 Å². The molecule has 4 rings (SSSR count). The summed E-state index contributed by atoms with van der Waals surface area (Å²) in [7, 11) is 0. The Morgan fingerprint density at radius 3 is 2.61 bits per heavy atom. The first kappa shape index (κ1) is 20.5. The Kier molecular flexibility index (Phi) is 5.68. The van der Waals surface area contributed by atoms with Gasteiger partial charge in [0.15, 0.2) is 5.75 Å². The molecule has 0 radical (unpaired) electrons. The topological polar surface area (TPSA) is 116 Å². The maximum absolute atomic E-state index is 11.5. The monoisotopic (exact) mass is 479 g/mol. The second-order valence-corrected chi connectivity index (χ2v) is 7.59. The molecule has 0 bridgehead atoms. The number of halogens is 1. The molecule has 156 valence electrons. The number of hydrogen-bond donors (Lipinski definition) is 2. The molecule has 0 aliphatic carbocycles. The van der Waals surface area contributed by atoms with E-state index in [2.05, 4.69) is 31.2 Å². The van der Waals surface area contributed by atoms with Gasteiger partial charge in [-0.25, -0.2) is 4.98 Å².